The van der Waals surface area contributed by atoms with Gasteiger partial charge in [-0.2, -0.15) is 4.39 Å². The highest BCUT2D eigenvalue weighted by atomic mass is 19.2. The van der Waals surface area contributed by atoms with Gasteiger partial charge in [-0.3, -0.25) is 14.6 Å². The number of imidazole rings is 1. The number of amidine groups is 1. The van der Waals surface area contributed by atoms with Crippen molar-refractivity contribution in [3.63, 3.8) is 0 Å². The summed E-state index contributed by atoms with van der Waals surface area (Å²) in [6, 6.07) is 8.04. The monoisotopic (exact) mass is 549 g/mol. The summed E-state index contributed by atoms with van der Waals surface area (Å²) in [6.45, 7) is 8.18. The number of anilines is 2. The Morgan fingerprint density at radius 3 is 2.60 bits per heavy atom. The van der Waals surface area contributed by atoms with Gasteiger partial charge in [0.1, 0.15) is 0 Å². The molecule has 2 heterocycles. The van der Waals surface area contributed by atoms with Crippen molar-refractivity contribution >= 4 is 28.9 Å². The Balaban J connectivity index is 1.55. The summed E-state index contributed by atoms with van der Waals surface area (Å²) in [4.78, 5) is 21.8. The zero-order valence-corrected chi connectivity index (χ0v) is 23.1. The van der Waals surface area contributed by atoms with E-state index in [4.69, 9.17) is 10.1 Å². The van der Waals surface area contributed by atoms with Crippen LogP contribution in [0.5, 0.6) is 5.75 Å². The number of aromatic nitrogens is 3. The van der Waals surface area contributed by atoms with E-state index in [0.717, 1.165) is 5.56 Å². The smallest absolute Gasteiger partial charge is 0.251 e. The van der Waals surface area contributed by atoms with E-state index in [-0.39, 0.29) is 29.2 Å². The predicted octanol–water partition coefficient (Wildman–Crippen LogP) is 5.33. The summed E-state index contributed by atoms with van der Waals surface area (Å²) in [6.07, 6.45) is 5.23. The van der Waals surface area contributed by atoms with Crippen LogP contribution in [0.15, 0.2) is 48.9 Å². The van der Waals surface area contributed by atoms with E-state index in [9.17, 15) is 13.6 Å². The maximum absolute atomic E-state index is 14.8. The van der Waals surface area contributed by atoms with Gasteiger partial charge in [0, 0.05) is 47.7 Å². The van der Waals surface area contributed by atoms with Crippen LogP contribution in [0.25, 0.3) is 16.9 Å². The lowest BCUT2D eigenvalue weighted by Crippen LogP contribution is -2.42. The number of carbonyl (C=O) groups is 1. The summed E-state index contributed by atoms with van der Waals surface area (Å²) >= 11 is 0. The number of ether oxygens (including phenoxy) is 1. The van der Waals surface area contributed by atoms with E-state index in [1.165, 1.54) is 31.6 Å². The summed E-state index contributed by atoms with van der Waals surface area (Å²) in [7, 11) is 1.28. The lowest BCUT2D eigenvalue weighted by molar-refractivity contribution is 0.0939. The number of hydrogen-bond donors (Lipinski definition) is 4. The van der Waals surface area contributed by atoms with Crippen LogP contribution in [0, 0.1) is 23.0 Å². The summed E-state index contributed by atoms with van der Waals surface area (Å²) in [5, 5.41) is 17.2. The quantitative estimate of drug-likeness (QED) is 0.157. The molecule has 2 aromatic carbocycles. The summed E-state index contributed by atoms with van der Waals surface area (Å²) in [5.41, 5.74) is 2.90. The number of rotatable bonds is 10. The number of halogens is 2. The first-order chi connectivity index (χ1) is 19.1. The van der Waals surface area contributed by atoms with Crippen molar-refractivity contribution in [3.8, 4) is 17.0 Å². The molecule has 4 rings (SSSR count). The minimum absolute atomic E-state index is 0.0389. The molecule has 0 unspecified atom stereocenters. The van der Waals surface area contributed by atoms with Crippen molar-refractivity contribution < 1.29 is 18.3 Å². The van der Waals surface area contributed by atoms with Gasteiger partial charge in [0.25, 0.3) is 5.91 Å². The Hall–Kier alpha value is -4.54. The first-order valence-electron chi connectivity index (χ1n) is 13.0. The van der Waals surface area contributed by atoms with Gasteiger partial charge in [0.05, 0.1) is 24.8 Å². The van der Waals surface area contributed by atoms with Crippen LogP contribution in [0.2, 0.25) is 0 Å². The Labute approximate surface area is 231 Å². The number of hydrogen-bond acceptors (Lipinski definition) is 6. The second kappa shape index (κ2) is 12.1. The van der Waals surface area contributed by atoms with Gasteiger partial charge in [-0.1, -0.05) is 20.8 Å². The fraction of sp³-hybridized carbons (Fsp3) is 0.310. The van der Waals surface area contributed by atoms with E-state index in [0.29, 0.717) is 47.2 Å². The number of methoxy groups -OCH3 is 1. The van der Waals surface area contributed by atoms with Crippen LogP contribution in [0.4, 0.5) is 20.3 Å². The molecule has 11 heteroatoms. The summed E-state index contributed by atoms with van der Waals surface area (Å²) < 4.78 is 35.6. The third kappa shape index (κ3) is 5.88. The SMILES string of the molecule is CCc1cc(Nc2nccn3c(-c4ccc(OC)c(F)c4F)cnc23)ccc1C(=O)N[C@@H](C)CNC(=N)C(C)C. The third-order valence-corrected chi connectivity index (χ3v) is 6.52. The Bertz CT molecular complexity index is 1550. The molecule has 1 amide bonds. The number of carbonyl (C=O) groups excluding carboxylic acids is 1. The molecule has 0 aliphatic heterocycles. The van der Waals surface area contributed by atoms with E-state index < -0.39 is 11.6 Å². The zero-order chi connectivity index (χ0) is 29.0. The van der Waals surface area contributed by atoms with Crippen molar-refractivity contribution in [1.82, 2.24) is 25.0 Å². The van der Waals surface area contributed by atoms with Crippen molar-refractivity contribution in [3.05, 3.63) is 71.7 Å². The molecule has 0 aliphatic carbocycles. The number of amides is 1. The molecule has 2 aromatic heterocycles. The molecule has 1 atom stereocenters. The van der Waals surface area contributed by atoms with Gasteiger partial charge in [0.15, 0.2) is 23.0 Å². The average Bonchev–Trinajstić information content (AvgIpc) is 3.37. The number of benzene rings is 2. The highest BCUT2D eigenvalue weighted by Gasteiger charge is 2.20. The van der Waals surface area contributed by atoms with Crippen molar-refractivity contribution in [1.29, 1.82) is 5.41 Å². The number of aryl methyl sites for hydroxylation is 1. The molecule has 0 saturated heterocycles. The van der Waals surface area contributed by atoms with Crippen LogP contribution < -0.4 is 20.7 Å². The molecular formula is C29H33F2N7O2. The van der Waals surface area contributed by atoms with Gasteiger partial charge >= 0.3 is 0 Å². The largest absolute Gasteiger partial charge is 0.494 e. The molecule has 0 bridgehead atoms. The minimum atomic E-state index is -1.07. The lowest BCUT2D eigenvalue weighted by atomic mass is 10.0. The van der Waals surface area contributed by atoms with Crippen LogP contribution in [-0.2, 0) is 6.42 Å². The third-order valence-electron chi connectivity index (χ3n) is 6.52. The van der Waals surface area contributed by atoms with E-state index in [2.05, 4.69) is 25.9 Å². The minimum Gasteiger partial charge on any atom is -0.494 e. The maximum atomic E-state index is 14.8. The van der Waals surface area contributed by atoms with Crippen molar-refractivity contribution in [2.75, 3.05) is 19.0 Å². The van der Waals surface area contributed by atoms with E-state index in [1.54, 1.807) is 22.7 Å². The van der Waals surface area contributed by atoms with Gasteiger partial charge in [-0.25, -0.2) is 14.4 Å². The van der Waals surface area contributed by atoms with Crippen LogP contribution in [0.3, 0.4) is 0 Å². The van der Waals surface area contributed by atoms with Crippen LogP contribution in [0.1, 0.15) is 43.6 Å². The van der Waals surface area contributed by atoms with Gasteiger partial charge in [0.2, 0.25) is 5.82 Å². The summed E-state index contributed by atoms with van der Waals surface area (Å²) in [5.74, 6) is -1.54. The molecule has 4 N–H and O–H groups in total. The first kappa shape index (κ1) is 28.5. The van der Waals surface area contributed by atoms with Gasteiger partial charge < -0.3 is 20.7 Å². The second-order valence-electron chi connectivity index (χ2n) is 9.73. The second-order valence-corrected chi connectivity index (χ2v) is 9.73. The Morgan fingerprint density at radius 1 is 1.12 bits per heavy atom. The van der Waals surface area contributed by atoms with E-state index in [1.807, 2.05) is 33.8 Å². The number of fused-ring (bicyclic) bond motifs is 1. The normalized spacial score (nSPS) is 11.9. The molecule has 0 radical (unpaired) electrons. The molecular weight excluding hydrogens is 516 g/mol. The molecule has 0 saturated carbocycles. The Morgan fingerprint density at radius 2 is 1.90 bits per heavy atom. The van der Waals surface area contributed by atoms with Gasteiger partial charge in [-0.05, 0) is 49.2 Å². The number of nitrogens with one attached hydrogen (secondary N) is 4. The topological polar surface area (TPSA) is 116 Å². The molecule has 4 aromatic rings. The van der Waals surface area contributed by atoms with Gasteiger partial charge in [-0.15, -0.1) is 0 Å². The first-order valence-corrected chi connectivity index (χ1v) is 13.0. The highest BCUT2D eigenvalue weighted by molar-refractivity contribution is 5.96. The van der Waals surface area contributed by atoms with Crippen LogP contribution >= 0.6 is 0 Å². The fourth-order valence-electron chi connectivity index (χ4n) is 4.24. The molecule has 0 fully saturated rings. The van der Waals surface area contributed by atoms with E-state index >= 15 is 0 Å². The molecule has 0 spiro atoms. The highest BCUT2D eigenvalue weighted by Crippen LogP contribution is 2.31. The van der Waals surface area contributed by atoms with Crippen molar-refractivity contribution in [2.45, 2.75) is 40.2 Å². The van der Waals surface area contributed by atoms with Crippen LogP contribution in [-0.4, -0.2) is 45.8 Å². The molecule has 210 valence electrons. The molecule has 0 aliphatic rings. The maximum Gasteiger partial charge on any atom is 0.251 e. The Kier molecular flexibility index (Phi) is 8.61. The average molecular weight is 550 g/mol. The molecule has 40 heavy (non-hydrogen) atoms. The lowest BCUT2D eigenvalue weighted by Gasteiger charge is -2.18. The fourth-order valence-corrected chi connectivity index (χ4v) is 4.24. The standard InChI is InChI=1S/C29H33F2N7O2/c1-6-18-13-19(7-8-20(18)29(39)36-17(4)14-34-26(32)16(2)3)37-27-28-35-15-22(38(28)12-11-33-27)21-9-10-23(40-5)25(31)24(21)30/h7-13,15-17H,6,14H2,1-5H3,(H2,32,34)(H,33,37)(H,36,39)/t17-/m0/s1. The zero-order valence-electron chi connectivity index (χ0n) is 23.1. The predicted molar refractivity (Wildman–Crippen MR) is 151 cm³/mol. The number of nitrogens with zero attached hydrogens (tertiary/aromatic N) is 3. The molecule has 9 nitrogen and oxygen atoms in total. The van der Waals surface area contributed by atoms with Crippen molar-refractivity contribution in [2.24, 2.45) is 5.92 Å².